The molecule has 0 aromatic carbocycles. The number of nitrogens with one attached hydrogen (secondary N) is 1. The van der Waals surface area contributed by atoms with Crippen molar-refractivity contribution in [2.45, 2.75) is 38.1 Å². The zero-order valence-electron chi connectivity index (χ0n) is 11.2. The van der Waals surface area contributed by atoms with E-state index in [0.29, 0.717) is 0 Å². The third kappa shape index (κ3) is 3.33. The maximum Gasteiger partial charge on any atom is 0.408 e. The van der Waals surface area contributed by atoms with E-state index < -0.39 is 48.8 Å². The van der Waals surface area contributed by atoms with Crippen molar-refractivity contribution in [3.8, 4) is 0 Å². The molecule has 1 aliphatic heterocycles. The first-order valence-corrected chi connectivity index (χ1v) is 6.15. The third-order valence-electron chi connectivity index (χ3n) is 3.50. The summed E-state index contributed by atoms with van der Waals surface area (Å²) in [7, 11) is 0. The first-order valence-electron chi connectivity index (χ1n) is 6.15. The Labute approximate surface area is 114 Å². The fourth-order valence-electron chi connectivity index (χ4n) is 1.89. The number of rotatable bonds is 4. The van der Waals surface area contributed by atoms with Crippen LogP contribution in [-0.4, -0.2) is 52.9 Å². The van der Waals surface area contributed by atoms with Gasteiger partial charge in [-0.05, 0) is 5.92 Å². The molecule has 0 aromatic heterocycles. The van der Waals surface area contributed by atoms with Gasteiger partial charge in [0, 0.05) is 0 Å². The van der Waals surface area contributed by atoms with Crippen LogP contribution >= 0.6 is 0 Å². The SMILES string of the molecule is CCC(C)C(NC(=O)N1CC(O)(C(N)=O)C1)C(F)(F)F. The van der Waals surface area contributed by atoms with Crippen LogP contribution < -0.4 is 11.1 Å². The largest absolute Gasteiger partial charge is 0.408 e. The monoisotopic (exact) mass is 297 g/mol. The molecular weight excluding hydrogens is 279 g/mol. The predicted octanol–water partition coefficient (Wildman–Crippen LogP) is 0.205. The van der Waals surface area contributed by atoms with Gasteiger partial charge in [0.1, 0.15) is 6.04 Å². The van der Waals surface area contributed by atoms with Gasteiger partial charge in [0.25, 0.3) is 5.91 Å². The highest BCUT2D eigenvalue weighted by atomic mass is 19.4. The molecule has 2 unspecified atom stereocenters. The fraction of sp³-hybridized carbons (Fsp3) is 0.818. The zero-order valence-corrected chi connectivity index (χ0v) is 11.2. The summed E-state index contributed by atoms with van der Waals surface area (Å²) in [5.74, 6) is -1.79. The van der Waals surface area contributed by atoms with E-state index in [9.17, 15) is 27.9 Å². The lowest BCUT2D eigenvalue weighted by Crippen LogP contribution is -2.71. The Balaban J connectivity index is 2.64. The Kier molecular flexibility index (Phi) is 4.52. The molecule has 0 spiro atoms. The molecule has 4 N–H and O–H groups in total. The van der Waals surface area contributed by atoms with E-state index in [-0.39, 0.29) is 6.42 Å². The van der Waals surface area contributed by atoms with E-state index >= 15 is 0 Å². The van der Waals surface area contributed by atoms with Crippen LogP contribution in [0.3, 0.4) is 0 Å². The van der Waals surface area contributed by atoms with Crippen LogP contribution in [0.4, 0.5) is 18.0 Å². The van der Waals surface area contributed by atoms with Gasteiger partial charge < -0.3 is 21.1 Å². The number of nitrogens with zero attached hydrogens (tertiary/aromatic N) is 1. The van der Waals surface area contributed by atoms with Crippen molar-refractivity contribution in [1.82, 2.24) is 10.2 Å². The van der Waals surface area contributed by atoms with Crippen LogP contribution in [-0.2, 0) is 4.79 Å². The molecule has 1 aliphatic rings. The van der Waals surface area contributed by atoms with Crippen molar-refractivity contribution < 1.29 is 27.9 Å². The lowest BCUT2D eigenvalue weighted by molar-refractivity contribution is -0.166. The normalized spacial score (nSPS) is 20.8. The Morgan fingerprint density at radius 1 is 1.45 bits per heavy atom. The maximum atomic E-state index is 12.8. The first kappa shape index (κ1) is 16.5. The molecule has 0 aromatic rings. The van der Waals surface area contributed by atoms with Gasteiger partial charge in [0.05, 0.1) is 13.1 Å². The number of urea groups is 1. The first-order chi connectivity index (χ1) is 9.01. The van der Waals surface area contributed by atoms with Crippen molar-refractivity contribution in [3.05, 3.63) is 0 Å². The second-order valence-electron chi connectivity index (χ2n) is 5.11. The molecule has 1 fully saturated rings. The minimum Gasteiger partial charge on any atom is -0.377 e. The van der Waals surface area contributed by atoms with Crippen molar-refractivity contribution >= 4 is 11.9 Å². The number of primary amides is 1. The topological polar surface area (TPSA) is 95.7 Å². The second-order valence-corrected chi connectivity index (χ2v) is 5.11. The quantitative estimate of drug-likeness (QED) is 0.692. The summed E-state index contributed by atoms with van der Waals surface area (Å²) in [5.41, 5.74) is 3.06. The number of alkyl halides is 3. The summed E-state index contributed by atoms with van der Waals surface area (Å²) in [4.78, 5) is 23.4. The van der Waals surface area contributed by atoms with Crippen molar-refractivity contribution in [2.75, 3.05) is 13.1 Å². The number of hydrogen-bond acceptors (Lipinski definition) is 3. The molecule has 0 saturated carbocycles. The smallest absolute Gasteiger partial charge is 0.377 e. The number of amides is 3. The van der Waals surface area contributed by atoms with Crippen LogP contribution in [0.1, 0.15) is 20.3 Å². The van der Waals surface area contributed by atoms with Gasteiger partial charge in [-0.15, -0.1) is 0 Å². The highest BCUT2D eigenvalue weighted by molar-refractivity contribution is 5.88. The molecule has 1 saturated heterocycles. The number of aliphatic hydroxyl groups is 1. The molecule has 6 nitrogen and oxygen atoms in total. The highest BCUT2D eigenvalue weighted by Crippen LogP contribution is 2.28. The number of carbonyl (C=O) groups is 2. The van der Waals surface area contributed by atoms with Gasteiger partial charge in [0.15, 0.2) is 5.60 Å². The molecule has 1 rings (SSSR count). The number of halogens is 3. The summed E-state index contributed by atoms with van der Waals surface area (Å²) in [6, 6.07) is -2.94. The average molecular weight is 297 g/mol. The van der Waals surface area contributed by atoms with E-state index in [4.69, 9.17) is 5.73 Å². The van der Waals surface area contributed by atoms with Crippen molar-refractivity contribution in [2.24, 2.45) is 11.7 Å². The Hall–Kier alpha value is -1.51. The van der Waals surface area contributed by atoms with E-state index in [1.54, 1.807) is 6.92 Å². The minimum absolute atomic E-state index is 0.246. The van der Waals surface area contributed by atoms with E-state index in [1.807, 2.05) is 5.32 Å². The molecule has 0 radical (unpaired) electrons. The van der Waals surface area contributed by atoms with Gasteiger partial charge in [-0.1, -0.05) is 20.3 Å². The predicted molar refractivity (Wildman–Crippen MR) is 63.5 cm³/mol. The van der Waals surface area contributed by atoms with Crippen LogP contribution in [0.5, 0.6) is 0 Å². The Morgan fingerprint density at radius 2 is 1.95 bits per heavy atom. The maximum absolute atomic E-state index is 12.8. The molecule has 1 heterocycles. The number of carbonyl (C=O) groups excluding carboxylic acids is 2. The zero-order chi connectivity index (χ0) is 15.7. The summed E-state index contributed by atoms with van der Waals surface area (Å²) >= 11 is 0. The van der Waals surface area contributed by atoms with Gasteiger partial charge in [-0.2, -0.15) is 13.2 Å². The molecule has 3 amide bonds. The molecule has 0 aliphatic carbocycles. The number of β-amino-alcohol motifs (C(OH)–C–C–N with tert-alkyl or cyclic N) is 1. The van der Waals surface area contributed by atoms with Gasteiger partial charge in [-0.25, -0.2) is 4.79 Å². The second kappa shape index (κ2) is 5.47. The highest BCUT2D eigenvalue weighted by Gasteiger charge is 2.50. The molecule has 116 valence electrons. The van der Waals surface area contributed by atoms with Crippen molar-refractivity contribution in [3.63, 3.8) is 0 Å². The van der Waals surface area contributed by atoms with Gasteiger partial charge >= 0.3 is 12.2 Å². The van der Waals surface area contributed by atoms with E-state index in [2.05, 4.69) is 0 Å². The lowest BCUT2D eigenvalue weighted by atomic mass is 9.93. The molecule has 0 bridgehead atoms. The minimum atomic E-state index is -4.56. The Morgan fingerprint density at radius 3 is 2.30 bits per heavy atom. The van der Waals surface area contributed by atoms with E-state index in [0.717, 1.165) is 4.90 Å². The van der Waals surface area contributed by atoms with Crippen LogP contribution in [0, 0.1) is 5.92 Å². The van der Waals surface area contributed by atoms with E-state index in [1.165, 1.54) is 6.92 Å². The molecule has 2 atom stereocenters. The van der Waals surface area contributed by atoms with Crippen molar-refractivity contribution in [1.29, 1.82) is 0 Å². The van der Waals surface area contributed by atoms with Crippen LogP contribution in [0.2, 0.25) is 0 Å². The summed E-state index contributed by atoms with van der Waals surface area (Å²) in [5, 5.41) is 11.4. The standard InChI is InChI=1S/C11H18F3N3O3/c1-3-6(2)7(11(12,13)14)16-9(19)17-4-10(20,5-17)8(15)18/h6-7,20H,3-5H2,1-2H3,(H2,15,18)(H,16,19). The van der Waals surface area contributed by atoms with Crippen LogP contribution in [0.15, 0.2) is 0 Å². The Bertz CT molecular complexity index is 394. The summed E-state index contributed by atoms with van der Waals surface area (Å²) < 4.78 is 38.5. The average Bonchev–Trinajstić information content (AvgIpc) is 2.28. The number of hydrogen-bond donors (Lipinski definition) is 3. The number of nitrogens with two attached hydrogens (primary N) is 1. The fourth-order valence-corrected chi connectivity index (χ4v) is 1.89. The van der Waals surface area contributed by atoms with Crippen LogP contribution in [0.25, 0.3) is 0 Å². The summed E-state index contributed by atoms with van der Waals surface area (Å²) in [6.45, 7) is 2.16. The lowest BCUT2D eigenvalue weighted by Gasteiger charge is -2.44. The molecule has 20 heavy (non-hydrogen) atoms. The summed E-state index contributed by atoms with van der Waals surface area (Å²) in [6.07, 6.45) is -4.31. The number of likely N-dealkylation sites (tertiary alicyclic amines) is 1. The van der Waals surface area contributed by atoms with Gasteiger partial charge in [0.2, 0.25) is 0 Å². The molecule has 9 heteroatoms. The third-order valence-corrected chi connectivity index (χ3v) is 3.50. The molecular formula is C11H18F3N3O3. The van der Waals surface area contributed by atoms with Gasteiger partial charge in [-0.3, -0.25) is 4.79 Å².